The van der Waals surface area contributed by atoms with Crippen LogP contribution in [0.2, 0.25) is 0 Å². The van der Waals surface area contributed by atoms with Crippen LogP contribution in [0.4, 0.5) is 0 Å². The lowest BCUT2D eigenvalue weighted by Gasteiger charge is -2.19. The molecule has 1 unspecified atom stereocenters. The third-order valence-corrected chi connectivity index (χ3v) is 3.75. The fourth-order valence-electron chi connectivity index (χ4n) is 2.41. The maximum absolute atomic E-state index is 12.4. The molecule has 0 saturated heterocycles. The summed E-state index contributed by atoms with van der Waals surface area (Å²) in [6.45, 7) is 4.79. The van der Waals surface area contributed by atoms with Crippen LogP contribution in [0.25, 0.3) is 0 Å². The molecule has 1 aliphatic carbocycles. The zero-order valence-corrected chi connectivity index (χ0v) is 11.9. The van der Waals surface area contributed by atoms with Crippen molar-refractivity contribution in [2.24, 2.45) is 5.73 Å². The first-order chi connectivity index (χ1) is 9.11. The lowest BCUT2D eigenvalue weighted by molar-refractivity contribution is -0.122. The van der Waals surface area contributed by atoms with E-state index in [4.69, 9.17) is 5.73 Å². The van der Waals surface area contributed by atoms with Crippen molar-refractivity contribution in [3.05, 3.63) is 34.9 Å². The predicted molar refractivity (Wildman–Crippen MR) is 78.1 cm³/mol. The molecule has 0 aromatic heterocycles. The van der Waals surface area contributed by atoms with Gasteiger partial charge >= 0.3 is 0 Å². The van der Waals surface area contributed by atoms with Gasteiger partial charge in [0, 0.05) is 6.04 Å². The molecular formula is C16H24N2O. The Hall–Kier alpha value is -1.35. The minimum atomic E-state index is -0.0518. The Morgan fingerprint density at radius 3 is 2.79 bits per heavy atom. The van der Waals surface area contributed by atoms with Gasteiger partial charge in [0.15, 0.2) is 0 Å². The zero-order valence-electron chi connectivity index (χ0n) is 11.9. The van der Waals surface area contributed by atoms with Gasteiger partial charge in [0.1, 0.15) is 0 Å². The Morgan fingerprint density at radius 2 is 2.16 bits per heavy atom. The van der Waals surface area contributed by atoms with E-state index < -0.39 is 0 Å². The second kappa shape index (κ2) is 6.20. The van der Waals surface area contributed by atoms with Crippen LogP contribution in [0.1, 0.15) is 48.3 Å². The van der Waals surface area contributed by atoms with Crippen LogP contribution in [0.15, 0.2) is 18.2 Å². The zero-order chi connectivity index (χ0) is 13.8. The number of aryl methyl sites for hydroxylation is 2. The molecule has 1 aromatic rings. The van der Waals surface area contributed by atoms with Crippen LogP contribution in [0, 0.1) is 13.8 Å². The van der Waals surface area contributed by atoms with Crippen LogP contribution in [0.3, 0.4) is 0 Å². The van der Waals surface area contributed by atoms with Crippen LogP contribution in [-0.4, -0.2) is 18.5 Å². The van der Waals surface area contributed by atoms with Crippen LogP contribution >= 0.6 is 0 Å². The molecule has 3 N–H and O–H groups in total. The molecule has 2 rings (SSSR count). The maximum Gasteiger partial charge on any atom is 0.227 e. The summed E-state index contributed by atoms with van der Waals surface area (Å²) in [6, 6.07) is 6.75. The Kier molecular flexibility index (Phi) is 4.59. The van der Waals surface area contributed by atoms with Gasteiger partial charge in [0.2, 0.25) is 5.91 Å². The van der Waals surface area contributed by atoms with Gasteiger partial charge < -0.3 is 11.1 Å². The van der Waals surface area contributed by atoms with E-state index in [9.17, 15) is 4.79 Å². The quantitative estimate of drug-likeness (QED) is 0.825. The molecule has 1 aliphatic rings. The van der Waals surface area contributed by atoms with E-state index in [1.807, 2.05) is 0 Å². The molecule has 1 saturated carbocycles. The molecule has 3 heteroatoms. The Labute approximate surface area is 115 Å². The molecule has 1 fully saturated rings. The van der Waals surface area contributed by atoms with Crippen molar-refractivity contribution < 1.29 is 4.79 Å². The van der Waals surface area contributed by atoms with Crippen molar-refractivity contribution in [3.63, 3.8) is 0 Å². The van der Waals surface area contributed by atoms with E-state index in [1.54, 1.807) is 0 Å². The maximum atomic E-state index is 12.4. The summed E-state index contributed by atoms with van der Waals surface area (Å²) in [5.74, 6) is 0.119. The average Bonchev–Trinajstić information content (AvgIpc) is 3.17. The van der Waals surface area contributed by atoms with Crippen molar-refractivity contribution in [2.75, 3.05) is 6.54 Å². The van der Waals surface area contributed by atoms with Gasteiger partial charge in [-0.15, -0.1) is 0 Å². The van der Waals surface area contributed by atoms with E-state index in [0.29, 0.717) is 12.6 Å². The van der Waals surface area contributed by atoms with Gasteiger partial charge in [-0.25, -0.2) is 0 Å². The van der Waals surface area contributed by atoms with Gasteiger partial charge in [-0.05, 0) is 57.2 Å². The van der Waals surface area contributed by atoms with Gasteiger partial charge in [-0.3, -0.25) is 4.79 Å². The van der Waals surface area contributed by atoms with E-state index >= 15 is 0 Å². The SMILES string of the molecule is Cc1ccc(C)c(C(CCCN)C(=O)NC2CC2)c1. The topological polar surface area (TPSA) is 55.1 Å². The summed E-state index contributed by atoms with van der Waals surface area (Å²) in [5, 5.41) is 3.13. The predicted octanol–water partition coefficient (Wildman–Crippen LogP) is 2.40. The van der Waals surface area contributed by atoms with E-state index in [-0.39, 0.29) is 11.8 Å². The molecule has 0 bridgehead atoms. The van der Waals surface area contributed by atoms with Crippen molar-refractivity contribution in [3.8, 4) is 0 Å². The fourth-order valence-corrected chi connectivity index (χ4v) is 2.41. The highest BCUT2D eigenvalue weighted by molar-refractivity contribution is 5.84. The number of benzene rings is 1. The second-order valence-electron chi connectivity index (χ2n) is 5.63. The first-order valence-corrected chi connectivity index (χ1v) is 7.19. The molecule has 1 aromatic carbocycles. The van der Waals surface area contributed by atoms with Crippen molar-refractivity contribution >= 4 is 5.91 Å². The summed E-state index contributed by atoms with van der Waals surface area (Å²) >= 11 is 0. The number of amides is 1. The minimum absolute atomic E-state index is 0.0518. The van der Waals surface area contributed by atoms with Gasteiger partial charge in [0.25, 0.3) is 0 Å². The van der Waals surface area contributed by atoms with Crippen molar-refractivity contribution in [1.82, 2.24) is 5.32 Å². The lowest BCUT2D eigenvalue weighted by atomic mass is 9.89. The fraction of sp³-hybridized carbons (Fsp3) is 0.562. The number of nitrogens with two attached hydrogens (primary N) is 1. The smallest absolute Gasteiger partial charge is 0.227 e. The van der Waals surface area contributed by atoms with Crippen molar-refractivity contribution in [2.45, 2.75) is 51.5 Å². The van der Waals surface area contributed by atoms with Crippen LogP contribution in [-0.2, 0) is 4.79 Å². The number of carbonyl (C=O) groups is 1. The van der Waals surface area contributed by atoms with Gasteiger partial charge in [-0.2, -0.15) is 0 Å². The normalized spacial score (nSPS) is 16.2. The average molecular weight is 260 g/mol. The largest absolute Gasteiger partial charge is 0.353 e. The van der Waals surface area contributed by atoms with E-state index in [0.717, 1.165) is 31.2 Å². The molecule has 1 atom stereocenters. The third kappa shape index (κ3) is 3.80. The van der Waals surface area contributed by atoms with Crippen molar-refractivity contribution in [1.29, 1.82) is 0 Å². The second-order valence-corrected chi connectivity index (χ2v) is 5.63. The third-order valence-electron chi connectivity index (χ3n) is 3.75. The molecular weight excluding hydrogens is 236 g/mol. The lowest BCUT2D eigenvalue weighted by Crippen LogP contribution is -2.31. The molecule has 0 radical (unpaired) electrons. The highest BCUT2D eigenvalue weighted by Gasteiger charge is 2.28. The molecule has 3 nitrogen and oxygen atoms in total. The highest BCUT2D eigenvalue weighted by atomic mass is 16.2. The highest BCUT2D eigenvalue weighted by Crippen LogP contribution is 2.28. The number of rotatable bonds is 6. The molecule has 0 spiro atoms. The molecule has 1 amide bonds. The standard InChI is InChI=1S/C16H24N2O/c1-11-5-6-12(2)15(10-11)14(4-3-9-17)16(19)18-13-7-8-13/h5-6,10,13-14H,3-4,7-9,17H2,1-2H3,(H,18,19). The van der Waals surface area contributed by atoms with Gasteiger partial charge in [-0.1, -0.05) is 23.8 Å². The van der Waals surface area contributed by atoms with E-state index in [2.05, 4.69) is 37.4 Å². The number of hydrogen-bond donors (Lipinski definition) is 2. The van der Waals surface area contributed by atoms with Crippen LogP contribution in [0.5, 0.6) is 0 Å². The summed E-state index contributed by atoms with van der Waals surface area (Å²) in [7, 11) is 0. The number of hydrogen-bond acceptors (Lipinski definition) is 2. The summed E-state index contributed by atoms with van der Waals surface area (Å²) in [6.07, 6.45) is 3.97. The molecule has 19 heavy (non-hydrogen) atoms. The first-order valence-electron chi connectivity index (χ1n) is 7.19. The molecule has 104 valence electrons. The Bertz CT molecular complexity index is 452. The number of carbonyl (C=O) groups excluding carboxylic acids is 1. The Morgan fingerprint density at radius 1 is 1.42 bits per heavy atom. The summed E-state index contributed by atoms with van der Waals surface area (Å²) < 4.78 is 0. The number of nitrogens with one attached hydrogen (secondary N) is 1. The minimum Gasteiger partial charge on any atom is -0.353 e. The van der Waals surface area contributed by atoms with Gasteiger partial charge in [0.05, 0.1) is 5.92 Å². The van der Waals surface area contributed by atoms with Crippen LogP contribution < -0.4 is 11.1 Å². The summed E-state index contributed by atoms with van der Waals surface area (Å²) in [4.78, 5) is 12.4. The molecule has 0 heterocycles. The molecule has 0 aliphatic heterocycles. The van der Waals surface area contributed by atoms with E-state index in [1.165, 1.54) is 11.1 Å². The summed E-state index contributed by atoms with van der Waals surface area (Å²) in [5.41, 5.74) is 9.16. The first kappa shape index (κ1) is 14.1. The monoisotopic (exact) mass is 260 g/mol. The Balaban J connectivity index is 2.19.